The van der Waals surface area contributed by atoms with Gasteiger partial charge in [-0.2, -0.15) is 0 Å². The molecule has 0 aliphatic heterocycles. The first-order valence-corrected chi connectivity index (χ1v) is 34.3. The SMILES string of the molecule is CCCCCCC/C=C\C/C=C\CCCCCCCCCCCCCCCCCC(=O)OCC(COC(=O)CCCCCCCCC)OC(=O)CCCCCCCCCCCCCCCCCCCCCCCCCC. The number of rotatable bonds is 64. The highest BCUT2D eigenvalue weighted by atomic mass is 16.6. The summed E-state index contributed by atoms with van der Waals surface area (Å²) in [5, 5.41) is 0. The molecule has 1 atom stereocenters. The Kier molecular flexibility index (Phi) is 63.6. The van der Waals surface area contributed by atoms with E-state index < -0.39 is 6.10 Å². The van der Waals surface area contributed by atoms with E-state index in [0.29, 0.717) is 19.3 Å². The summed E-state index contributed by atoms with van der Waals surface area (Å²) in [6.07, 6.45) is 79.5. The fourth-order valence-corrected chi connectivity index (χ4v) is 10.5. The van der Waals surface area contributed by atoms with Crippen LogP contribution in [0.2, 0.25) is 0 Å². The van der Waals surface area contributed by atoms with Gasteiger partial charge in [0.1, 0.15) is 13.2 Å². The Morgan fingerprint density at radius 3 is 0.724 bits per heavy atom. The maximum atomic E-state index is 12.9. The number of ether oxygens (including phenoxy) is 3. The van der Waals surface area contributed by atoms with Gasteiger partial charge in [-0.25, -0.2) is 0 Å². The summed E-state index contributed by atoms with van der Waals surface area (Å²) in [5.74, 6) is -0.843. The quantitative estimate of drug-likeness (QED) is 0.0261. The molecule has 0 aromatic rings. The van der Waals surface area contributed by atoms with Crippen molar-refractivity contribution in [2.45, 2.75) is 393 Å². The molecule has 0 amide bonds. The Morgan fingerprint density at radius 1 is 0.263 bits per heavy atom. The van der Waals surface area contributed by atoms with Gasteiger partial charge in [0.15, 0.2) is 6.10 Å². The van der Waals surface area contributed by atoms with Gasteiger partial charge >= 0.3 is 17.9 Å². The molecule has 0 aromatic heterocycles. The maximum absolute atomic E-state index is 12.9. The molecule has 6 heteroatoms. The van der Waals surface area contributed by atoms with Crippen molar-refractivity contribution in [3.63, 3.8) is 0 Å². The van der Waals surface area contributed by atoms with Crippen molar-refractivity contribution in [1.82, 2.24) is 0 Å². The van der Waals surface area contributed by atoms with Crippen LogP contribution in [-0.4, -0.2) is 37.2 Å². The first kappa shape index (κ1) is 73.9. The molecule has 0 aliphatic carbocycles. The van der Waals surface area contributed by atoms with Crippen molar-refractivity contribution in [2.75, 3.05) is 13.2 Å². The van der Waals surface area contributed by atoms with E-state index in [1.54, 1.807) is 0 Å². The molecule has 0 saturated carbocycles. The molecule has 6 nitrogen and oxygen atoms in total. The Hall–Kier alpha value is -2.11. The number of allylic oxidation sites excluding steroid dienone is 4. The highest BCUT2D eigenvalue weighted by molar-refractivity contribution is 5.71. The van der Waals surface area contributed by atoms with Gasteiger partial charge in [0, 0.05) is 19.3 Å². The third-order valence-electron chi connectivity index (χ3n) is 15.7. The predicted octanol–water partition coefficient (Wildman–Crippen LogP) is 23.4. The summed E-state index contributed by atoms with van der Waals surface area (Å²) in [5.41, 5.74) is 0. The maximum Gasteiger partial charge on any atom is 0.306 e. The van der Waals surface area contributed by atoms with Crippen LogP contribution in [0, 0.1) is 0 Å². The average molecular weight is 1070 g/mol. The second-order valence-corrected chi connectivity index (χ2v) is 23.5. The molecule has 0 bridgehead atoms. The molecule has 0 rings (SSSR count). The van der Waals surface area contributed by atoms with E-state index in [9.17, 15) is 14.4 Å². The van der Waals surface area contributed by atoms with Crippen LogP contribution >= 0.6 is 0 Å². The molecule has 1 unspecified atom stereocenters. The fourth-order valence-electron chi connectivity index (χ4n) is 10.5. The molecule has 0 spiro atoms. The minimum absolute atomic E-state index is 0.0651. The molecule has 0 heterocycles. The van der Waals surface area contributed by atoms with Gasteiger partial charge < -0.3 is 14.2 Å². The number of carbonyl (C=O) groups is 3. The molecule has 0 fully saturated rings. The average Bonchev–Trinajstić information content (AvgIpc) is 3.42. The summed E-state index contributed by atoms with van der Waals surface area (Å²) >= 11 is 0. The zero-order valence-corrected chi connectivity index (χ0v) is 51.6. The molecule has 0 N–H and O–H groups in total. The van der Waals surface area contributed by atoms with Crippen molar-refractivity contribution >= 4 is 17.9 Å². The van der Waals surface area contributed by atoms with E-state index in [0.717, 1.165) is 64.2 Å². The molecular weight excluding hydrogens is 937 g/mol. The van der Waals surface area contributed by atoms with Crippen LogP contribution in [0.3, 0.4) is 0 Å². The smallest absolute Gasteiger partial charge is 0.306 e. The van der Waals surface area contributed by atoms with E-state index in [-0.39, 0.29) is 31.1 Å². The molecular formula is C70H132O6. The van der Waals surface area contributed by atoms with Gasteiger partial charge in [0.2, 0.25) is 0 Å². The largest absolute Gasteiger partial charge is 0.462 e. The van der Waals surface area contributed by atoms with Gasteiger partial charge in [0.05, 0.1) is 0 Å². The highest BCUT2D eigenvalue weighted by Gasteiger charge is 2.19. The lowest BCUT2D eigenvalue weighted by molar-refractivity contribution is -0.167. The van der Waals surface area contributed by atoms with Crippen LogP contribution < -0.4 is 0 Å². The molecule has 0 radical (unpaired) electrons. The summed E-state index contributed by atoms with van der Waals surface area (Å²) in [4.78, 5) is 38.1. The van der Waals surface area contributed by atoms with Gasteiger partial charge in [-0.3, -0.25) is 14.4 Å². The van der Waals surface area contributed by atoms with Crippen LogP contribution in [-0.2, 0) is 28.6 Å². The van der Waals surface area contributed by atoms with Gasteiger partial charge in [-0.15, -0.1) is 0 Å². The first-order valence-electron chi connectivity index (χ1n) is 34.3. The first-order chi connectivity index (χ1) is 37.5. The number of esters is 3. The molecule has 0 saturated heterocycles. The Morgan fingerprint density at radius 2 is 0.474 bits per heavy atom. The lowest BCUT2D eigenvalue weighted by Crippen LogP contribution is -2.30. The molecule has 448 valence electrons. The van der Waals surface area contributed by atoms with Crippen LogP contribution in [0.4, 0.5) is 0 Å². The second kappa shape index (κ2) is 65.4. The van der Waals surface area contributed by atoms with Gasteiger partial charge in [-0.1, -0.05) is 340 Å². The van der Waals surface area contributed by atoms with Crippen molar-refractivity contribution < 1.29 is 28.6 Å². The van der Waals surface area contributed by atoms with Crippen LogP contribution in [0.15, 0.2) is 24.3 Å². The molecule has 76 heavy (non-hydrogen) atoms. The summed E-state index contributed by atoms with van der Waals surface area (Å²) < 4.78 is 16.9. The normalized spacial score (nSPS) is 12.1. The fraction of sp³-hybridized carbons (Fsp3) is 0.900. The van der Waals surface area contributed by atoms with Crippen molar-refractivity contribution in [3.8, 4) is 0 Å². The van der Waals surface area contributed by atoms with Gasteiger partial charge in [-0.05, 0) is 51.4 Å². The Balaban J connectivity index is 4.03. The predicted molar refractivity (Wildman–Crippen MR) is 330 cm³/mol. The summed E-state index contributed by atoms with van der Waals surface area (Å²) in [6.45, 7) is 6.66. The number of unbranched alkanes of at least 4 members (excludes halogenated alkanes) is 49. The standard InChI is InChI=1S/C70H132O6/c1-4-7-10-13-16-18-20-22-24-26-28-30-32-34-35-36-38-39-41-43-45-47-49-51-54-57-60-63-69(72)75-66-67(65-74-68(71)62-59-56-53-15-12-9-6-3)76-70(73)64-61-58-55-52-50-48-46-44-42-40-37-33-31-29-27-25-23-21-19-17-14-11-8-5-2/h20,22,26,28,67H,4-19,21,23-25,27,29-66H2,1-3H3/b22-20-,28-26-. The molecule has 0 aromatic carbocycles. The summed E-state index contributed by atoms with van der Waals surface area (Å²) in [7, 11) is 0. The van der Waals surface area contributed by atoms with Crippen molar-refractivity contribution in [3.05, 3.63) is 24.3 Å². The van der Waals surface area contributed by atoms with Crippen LogP contribution in [0.1, 0.15) is 387 Å². The Labute approximate surface area is 474 Å². The topological polar surface area (TPSA) is 78.9 Å². The highest BCUT2D eigenvalue weighted by Crippen LogP contribution is 2.19. The zero-order chi connectivity index (χ0) is 55.0. The zero-order valence-electron chi connectivity index (χ0n) is 51.6. The van der Waals surface area contributed by atoms with Crippen molar-refractivity contribution in [2.24, 2.45) is 0 Å². The van der Waals surface area contributed by atoms with E-state index in [2.05, 4.69) is 45.1 Å². The van der Waals surface area contributed by atoms with E-state index in [1.165, 1.54) is 283 Å². The number of hydrogen-bond donors (Lipinski definition) is 0. The van der Waals surface area contributed by atoms with Crippen LogP contribution in [0.5, 0.6) is 0 Å². The monoisotopic (exact) mass is 1070 g/mol. The van der Waals surface area contributed by atoms with Crippen molar-refractivity contribution in [1.29, 1.82) is 0 Å². The minimum atomic E-state index is -0.765. The Bertz CT molecular complexity index is 1230. The third-order valence-corrected chi connectivity index (χ3v) is 15.7. The second-order valence-electron chi connectivity index (χ2n) is 23.5. The van der Waals surface area contributed by atoms with E-state index >= 15 is 0 Å². The lowest BCUT2D eigenvalue weighted by atomic mass is 10.0. The number of hydrogen-bond acceptors (Lipinski definition) is 6. The lowest BCUT2D eigenvalue weighted by Gasteiger charge is -2.18. The van der Waals surface area contributed by atoms with E-state index in [4.69, 9.17) is 14.2 Å². The van der Waals surface area contributed by atoms with Crippen LogP contribution in [0.25, 0.3) is 0 Å². The molecule has 0 aliphatic rings. The minimum Gasteiger partial charge on any atom is -0.462 e. The van der Waals surface area contributed by atoms with Gasteiger partial charge in [0.25, 0.3) is 0 Å². The summed E-state index contributed by atoms with van der Waals surface area (Å²) in [6, 6.07) is 0. The third kappa shape index (κ3) is 62.7. The van der Waals surface area contributed by atoms with E-state index in [1.807, 2.05) is 0 Å². The number of carbonyl (C=O) groups excluding carboxylic acids is 3.